The van der Waals surface area contributed by atoms with Gasteiger partial charge in [-0.1, -0.05) is 109 Å². The average Bonchev–Trinajstić information content (AvgIpc) is 3.67. The fraction of sp³-hybridized carbons (Fsp3) is 0. The summed E-state index contributed by atoms with van der Waals surface area (Å²) in [5.74, 6) is 0. The Kier molecular flexibility index (Phi) is 6.22. The van der Waals surface area contributed by atoms with Crippen LogP contribution < -0.4 is 0 Å². The summed E-state index contributed by atoms with van der Waals surface area (Å²) >= 11 is 0. The first-order chi connectivity index (χ1) is 23.7. The van der Waals surface area contributed by atoms with Gasteiger partial charge in [0, 0.05) is 32.7 Å². The van der Waals surface area contributed by atoms with E-state index in [-0.39, 0.29) is 0 Å². The molecular weight excluding hydrogens is 585 g/mol. The number of fused-ring (bicyclic) bond motifs is 6. The van der Waals surface area contributed by atoms with Gasteiger partial charge in [0.1, 0.15) is 6.07 Å². The summed E-state index contributed by atoms with van der Waals surface area (Å²) in [6.45, 7) is 0. The van der Waals surface area contributed by atoms with Crippen molar-refractivity contribution in [2.45, 2.75) is 0 Å². The summed E-state index contributed by atoms with van der Waals surface area (Å²) in [6, 6.07) is 58.9. The Hall–Kier alpha value is -6.88. The van der Waals surface area contributed by atoms with E-state index in [4.69, 9.17) is 0 Å². The van der Waals surface area contributed by atoms with Crippen molar-refractivity contribution in [3.63, 3.8) is 0 Å². The van der Waals surface area contributed by atoms with E-state index >= 15 is 0 Å². The maximum atomic E-state index is 10.7. The van der Waals surface area contributed by atoms with E-state index < -0.39 is 0 Å². The van der Waals surface area contributed by atoms with Gasteiger partial charge >= 0.3 is 0 Å². The molecule has 2 aromatic heterocycles. The minimum absolute atomic E-state index is 0.579. The number of hydrogen-bond donors (Lipinski definition) is 0. The molecule has 0 spiro atoms. The molecule has 0 aliphatic rings. The van der Waals surface area contributed by atoms with Gasteiger partial charge in [0.2, 0.25) is 0 Å². The maximum Gasteiger partial charge on any atom is 0.102 e. The summed E-state index contributed by atoms with van der Waals surface area (Å²) in [4.78, 5) is 0. The average molecular weight is 611 g/mol. The van der Waals surface area contributed by atoms with Crippen molar-refractivity contribution in [1.29, 1.82) is 10.5 Å². The number of rotatable bonds is 4. The molecule has 0 N–H and O–H groups in total. The molecule has 4 heteroatoms. The molecule has 0 unspecified atom stereocenters. The lowest BCUT2D eigenvalue weighted by Gasteiger charge is -2.16. The lowest BCUT2D eigenvalue weighted by molar-refractivity contribution is 1.17. The van der Waals surface area contributed by atoms with Gasteiger partial charge < -0.3 is 9.13 Å². The molecule has 0 aliphatic heterocycles. The summed E-state index contributed by atoms with van der Waals surface area (Å²) < 4.78 is 4.47. The van der Waals surface area contributed by atoms with Gasteiger partial charge in [-0.2, -0.15) is 10.5 Å². The highest BCUT2D eigenvalue weighted by molar-refractivity contribution is 6.11. The zero-order valence-corrected chi connectivity index (χ0v) is 25.8. The van der Waals surface area contributed by atoms with Gasteiger partial charge in [0.25, 0.3) is 0 Å². The second kappa shape index (κ2) is 10.9. The molecule has 48 heavy (non-hydrogen) atoms. The van der Waals surface area contributed by atoms with Crippen molar-refractivity contribution in [2.24, 2.45) is 0 Å². The van der Waals surface area contributed by atoms with Crippen molar-refractivity contribution in [3.8, 4) is 45.8 Å². The molecule has 0 saturated carbocycles. The maximum absolute atomic E-state index is 10.7. The number of benzene rings is 7. The first kappa shape index (κ1) is 27.4. The van der Waals surface area contributed by atoms with Crippen molar-refractivity contribution in [1.82, 2.24) is 9.13 Å². The summed E-state index contributed by atoms with van der Waals surface area (Å²) in [5.41, 5.74) is 11.2. The van der Waals surface area contributed by atoms with E-state index in [1.165, 1.54) is 10.8 Å². The zero-order valence-electron chi connectivity index (χ0n) is 25.8. The minimum Gasteiger partial charge on any atom is -0.309 e. The summed E-state index contributed by atoms with van der Waals surface area (Å²) in [5, 5.41) is 25.0. The third-order valence-electron chi connectivity index (χ3n) is 9.41. The number of para-hydroxylation sites is 4. The minimum atomic E-state index is 0.579. The van der Waals surface area contributed by atoms with Crippen molar-refractivity contribution >= 4 is 43.6 Å². The molecule has 0 amide bonds. The second-order valence-corrected chi connectivity index (χ2v) is 12.0. The normalized spacial score (nSPS) is 11.3. The predicted molar refractivity (Wildman–Crippen MR) is 195 cm³/mol. The molecule has 4 nitrogen and oxygen atoms in total. The number of aromatic nitrogens is 2. The van der Waals surface area contributed by atoms with E-state index in [9.17, 15) is 10.5 Å². The van der Waals surface area contributed by atoms with Crippen LogP contribution in [0.4, 0.5) is 0 Å². The van der Waals surface area contributed by atoms with Gasteiger partial charge in [-0.05, 0) is 59.7 Å². The third kappa shape index (κ3) is 4.07. The molecule has 0 radical (unpaired) electrons. The van der Waals surface area contributed by atoms with E-state index in [1.807, 2.05) is 48.5 Å². The van der Waals surface area contributed by atoms with E-state index in [2.05, 4.69) is 130 Å². The van der Waals surface area contributed by atoms with Crippen LogP contribution in [0, 0.1) is 22.7 Å². The molecule has 9 rings (SSSR count). The molecule has 0 aliphatic carbocycles. The topological polar surface area (TPSA) is 57.4 Å². The molecule has 7 aromatic carbocycles. The lowest BCUT2D eigenvalue weighted by Crippen LogP contribution is -2.00. The largest absolute Gasteiger partial charge is 0.309 e. The zero-order chi connectivity index (χ0) is 32.2. The quantitative estimate of drug-likeness (QED) is 0.199. The molecule has 0 bridgehead atoms. The molecule has 0 atom stereocenters. The lowest BCUT2D eigenvalue weighted by atomic mass is 9.94. The van der Waals surface area contributed by atoms with Crippen LogP contribution in [0.1, 0.15) is 11.1 Å². The van der Waals surface area contributed by atoms with Crippen LogP contribution in [0.2, 0.25) is 0 Å². The monoisotopic (exact) mass is 610 g/mol. The van der Waals surface area contributed by atoms with Gasteiger partial charge in [-0.25, -0.2) is 0 Å². The Balaban J connectivity index is 1.24. The third-order valence-corrected chi connectivity index (χ3v) is 9.41. The molecule has 9 aromatic rings. The Bertz CT molecular complexity index is 2760. The van der Waals surface area contributed by atoms with Crippen LogP contribution in [0.25, 0.3) is 77.2 Å². The highest BCUT2D eigenvalue weighted by atomic mass is 15.0. The standard InChI is InChI=1S/C44H26N4/c45-27-29-23-24-37-36-16-4-8-21-42(36)48(44(37)25-29)43-22-10-17-32(38(43)28-46)30-11-9-12-31(26-30)33-13-1-5-18-39(33)47-40-19-6-2-14-34(40)35-15-3-7-20-41(35)47/h1-26H. The smallest absolute Gasteiger partial charge is 0.102 e. The Labute approximate surface area is 277 Å². The van der Waals surface area contributed by atoms with E-state index in [0.717, 1.165) is 66.5 Å². The molecular formula is C44H26N4. The first-order valence-corrected chi connectivity index (χ1v) is 15.9. The second-order valence-electron chi connectivity index (χ2n) is 12.0. The molecule has 0 saturated heterocycles. The van der Waals surface area contributed by atoms with Crippen molar-refractivity contribution in [2.75, 3.05) is 0 Å². The fourth-order valence-corrected chi connectivity index (χ4v) is 7.33. The van der Waals surface area contributed by atoms with Crippen molar-refractivity contribution in [3.05, 3.63) is 169 Å². The molecule has 0 fully saturated rings. The fourth-order valence-electron chi connectivity index (χ4n) is 7.33. The van der Waals surface area contributed by atoms with Gasteiger partial charge in [0.05, 0.1) is 50.6 Å². The Morgan fingerprint density at radius 1 is 0.375 bits per heavy atom. The Morgan fingerprint density at radius 2 is 0.875 bits per heavy atom. The highest BCUT2D eigenvalue weighted by Gasteiger charge is 2.19. The predicted octanol–water partition coefficient (Wildman–Crippen LogP) is 11.0. The van der Waals surface area contributed by atoms with E-state index in [0.29, 0.717) is 11.1 Å². The van der Waals surface area contributed by atoms with Gasteiger partial charge in [0.15, 0.2) is 0 Å². The summed E-state index contributed by atoms with van der Waals surface area (Å²) in [6.07, 6.45) is 0. The van der Waals surface area contributed by atoms with Crippen LogP contribution >= 0.6 is 0 Å². The number of hydrogen-bond acceptors (Lipinski definition) is 2. The Morgan fingerprint density at radius 3 is 1.52 bits per heavy atom. The summed E-state index contributed by atoms with van der Waals surface area (Å²) in [7, 11) is 0. The highest BCUT2D eigenvalue weighted by Crippen LogP contribution is 2.39. The van der Waals surface area contributed by atoms with Crippen LogP contribution in [0.3, 0.4) is 0 Å². The van der Waals surface area contributed by atoms with Gasteiger partial charge in [-0.3, -0.25) is 0 Å². The molecule has 2 heterocycles. The number of nitriles is 2. The van der Waals surface area contributed by atoms with E-state index in [1.54, 1.807) is 0 Å². The first-order valence-electron chi connectivity index (χ1n) is 15.9. The van der Waals surface area contributed by atoms with Crippen molar-refractivity contribution < 1.29 is 0 Å². The van der Waals surface area contributed by atoms with Crippen LogP contribution in [0.15, 0.2) is 158 Å². The SMILES string of the molecule is N#Cc1ccc2c3ccccc3n(-c3cccc(-c4cccc(-c5ccccc5-n5c6ccccc6c6ccccc65)c4)c3C#N)c2c1. The van der Waals surface area contributed by atoms with Crippen LogP contribution in [-0.4, -0.2) is 9.13 Å². The molecule has 222 valence electrons. The van der Waals surface area contributed by atoms with Crippen LogP contribution in [0.5, 0.6) is 0 Å². The van der Waals surface area contributed by atoms with Crippen LogP contribution in [-0.2, 0) is 0 Å². The van der Waals surface area contributed by atoms with Gasteiger partial charge in [-0.15, -0.1) is 0 Å². The number of nitrogens with zero attached hydrogens (tertiary/aromatic N) is 4.